The molecule has 0 spiro atoms. The third-order valence-electron chi connectivity index (χ3n) is 5.70. The quantitative estimate of drug-likeness (QED) is 0.581. The fourth-order valence-corrected chi connectivity index (χ4v) is 4.01. The van der Waals surface area contributed by atoms with Gasteiger partial charge in [-0.05, 0) is 62.1 Å². The van der Waals surface area contributed by atoms with E-state index in [0.29, 0.717) is 27.7 Å². The van der Waals surface area contributed by atoms with Crippen molar-refractivity contribution in [2.45, 2.75) is 43.9 Å². The normalized spacial score (nSPS) is 18.7. The smallest absolute Gasteiger partial charge is 0.382 e. The predicted octanol–water partition coefficient (Wildman–Crippen LogP) is 5.28. The van der Waals surface area contributed by atoms with Crippen LogP contribution < -0.4 is 10.6 Å². The molecular weight excluding hydrogens is 417 g/mol. The molecule has 1 aliphatic rings. The summed E-state index contributed by atoms with van der Waals surface area (Å²) in [6.07, 6.45) is -1.65. The molecule has 2 N–H and O–H groups in total. The Kier molecular flexibility index (Phi) is 5.99. The molecule has 3 aromatic rings. The number of fused-ring (bicyclic) bond motifs is 1. The van der Waals surface area contributed by atoms with Crippen molar-refractivity contribution in [3.8, 4) is 6.07 Å². The number of rotatable bonds is 4. The van der Waals surface area contributed by atoms with Crippen LogP contribution in [0, 0.1) is 11.3 Å². The van der Waals surface area contributed by atoms with Gasteiger partial charge in [0.15, 0.2) is 0 Å². The van der Waals surface area contributed by atoms with Gasteiger partial charge in [-0.2, -0.15) is 18.4 Å². The maximum atomic E-state index is 13.3. The highest BCUT2D eigenvalue weighted by molar-refractivity contribution is 5.94. The lowest BCUT2D eigenvalue weighted by Crippen LogP contribution is -2.40. The summed E-state index contributed by atoms with van der Waals surface area (Å²) in [6.45, 7) is 0. The van der Waals surface area contributed by atoms with Crippen molar-refractivity contribution in [3.05, 3.63) is 71.4 Å². The Labute approximate surface area is 183 Å². The summed E-state index contributed by atoms with van der Waals surface area (Å²) in [5.41, 5.74) is 0.792. The average Bonchev–Trinajstić information content (AvgIpc) is 2.79. The number of para-hydroxylation sites is 1. The van der Waals surface area contributed by atoms with Crippen molar-refractivity contribution in [3.63, 3.8) is 0 Å². The molecule has 1 amide bonds. The van der Waals surface area contributed by atoms with Gasteiger partial charge < -0.3 is 10.6 Å². The van der Waals surface area contributed by atoms with Gasteiger partial charge in [-0.1, -0.05) is 18.2 Å². The lowest BCUT2D eigenvalue weighted by Gasteiger charge is -2.30. The summed E-state index contributed by atoms with van der Waals surface area (Å²) in [7, 11) is 0. The maximum absolute atomic E-state index is 13.3. The number of alkyl halides is 3. The van der Waals surface area contributed by atoms with E-state index in [1.165, 1.54) is 0 Å². The Morgan fingerprint density at radius 3 is 2.31 bits per heavy atom. The van der Waals surface area contributed by atoms with Gasteiger partial charge in [-0.25, -0.2) is 4.98 Å². The van der Waals surface area contributed by atoms with Crippen LogP contribution in [0.3, 0.4) is 0 Å². The highest BCUT2D eigenvalue weighted by Crippen LogP contribution is 2.34. The summed E-state index contributed by atoms with van der Waals surface area (Å²) in [4.78, 5) is 16.2. The van der Waals surface area contributed by atoms with Crippen molar-refractivity contribution in [2.75, 3.05) is 5.32 Å². The predicted molar refractivity (Wildman–Crippen MR) is 115 cm³/mol. The molecule has 0 radical (unpaired) electrons. The van der Waals surface area contributed by atoms with Crippen LogP contribution in [0.1, 0.15) is 47.3 Å². The van der Waals surface area contributed by atoms with Gasteiger partial charge >= 0.3 is 6.18 Å². The molecule has 4 rings (SSSR count). The van der Waals surface area contributed by atoms with Crippen molar-refractivity contribution in [1.29, 1.82) is 5.26 Å². The molecule has 1 fully saturated rings. The number of hydrogen-bond donors (Lipinski definition) is 2. The summed E-state index contributed by atoms with van der Waals surface area (Å²) in [6, 6.07) is 16.3. The number of amides is 1. The van der Waals surface area contributed by atoms with Crippen LogP contribution in [0.25, 0.3) is 10.9 Å². The molecule has 32 heavy (non-hydrogen) atoms. The van der Waals surface area contributed by atoms with E-state index in [9.17, 15) is 18.0 Å². The monoisotopic (exact) mass is 438 g/mol. The van der Waals surface area contributed by atoms with Gasteiger partial charge in [-0.3, -0.25) is 4.79 Å². The first-order chi connectivity index (χ1) is 15.3. The number of anilines is 1. The van der Waals surface area contributed by atoms with Crippen molar-refractivity contribution >= 4 is 22.5 Å². The molecule has 1 aromatic heterocycles. The van der Waals surface area contributed by atoms with Crippen molar-refractivity contribution < 1.29 is 18.0 Å². The summed E-state index contributed by atoms with van der Waals surface area (Å²) in [5.74, 6) is -0.194. The minimum Gasteiger partial charge on any atom is -0.382 e. The lowest BCUT2D eigenvalue weighted by molar-refractivity contribution is -0.140. The molecule has 0 atom stereocenters. The second kappa shape index (κ2) is 8.87. The fraction of sp³-hybridized carbons (Fsp3) is 0.292. The zero-order valence-electron chi connectivity index (χ0n) is 17.1. The van der Waals surface area contributed by atoms with Crippen molar-refractivity contribution in [1.82, 2.24) is 10.3 Å². The molecule has 0 unspecified atom stereocenters. The molecular formula is C24H21F3N4O. The van der Waals surface area contributed by atoms with Gasteiger partial charge in [0.1, 0.15) is 5.69 Å². The lowest BCUT2D eigenvalue weighted by atomic mass is 9.90. The van der Waals surface area contributed by atoms with Crippen LogP contribution in [-0.2, 0) is 6.18 Å². The number of benzene rings is 2. The number of pyridine rings is 1. The Hall–Kier alpha value is -3.60. The Bertz CT molecular complexity index is 1160. The SMILES string of the molecule is N#Cc1ccc(C(=O)N[C@H]2CC[C@@H](Nc3cc(C(F)(F)F)nc4ccccc34)CC2)cc1. The fourth-order valence-electron chi connectivity index (χ4n) is 4.01. The van der Waals surface area contributed by atoms with Crippen LogP contribution >= 0.6 is 0 Å². The first-order valence-electron chi connectivity index (χ1n) is 10.4. The largest absolute Gasteiger partial charge is 0.433 e. The Morgan fingerprint density at radius 2 is 1.66 bits per heavy atom. The molecule has 164 valence electrons. The Balaban J connectivity index is 1.40. The second-order valence-electron chi connectivity index (χ2n) is 7.93. The van der Waals surface area contributed by atoms with Crippen LogP contribution in [0.15, 0.2) is 54.6 Å². The topological polar surface area (TPSA) is 77.8 Å². The molecule has 0 bridgehead atoms. The first kappa shape index (κ1) is 21.6. The van der Waals surface area contributed by atoms with E-state index in [2.05, 4.69) is 15.6 Å². The van der Waals surface area contributed by atoms with Crippen LogP contribution in [-0.4, -0.2) is 23.0 Å². The van der Waals surface area contributed by atoms with E-state index in [1.54, 1.807) is 48.5 Å². The molecule has 0 aliphatic heterocycles. The van der Waals surface area contributed by atoms with Crippen LogP contribution in [0.2, 0.25) is 0 Å². The second-order valence-corrected chi connectivity index (χ2v) is 7.93. The van der Waals surface area contributed by atoms with E-state index in [0.717, 1.165) is 31.7 Å². The third-order valence-corrected chi connectivity index (χ3v) is 5.70. The van der Waals surface area contributed by atoms with E-state index in [-0.39, 0.29) is 18.0 Å². The molecule has 8 heteroatoms. The van der Waals surface area contributed by atoms with Crippen LogP contribution in [0.5, 0.6) is 0 Å². The number of aromatic nitrogens is 1. The number of nitriles is 1. The zero-order valence-corrected chi connectivity index (χ0v) is 17.1. The summed E-state index contributed by atoms with van der Waals surface area (Å²) >= 11 is 0. The summed E-state index contributed by atoms with van der Waals surface area (Å²) < 4.78 is 39.8. The van der Waals surface area contributed by atoms with Gasteiger partial charge in [-0.15, -0.1) is 0 Å². The first-order valence-corrected chi connectivity index (χ1v) is 10.4. The summed E-state index contributed by atoms with van der Waals surface area (Å²) in [5, 5.41) is 15.8. The van der Waals surface area contributed by atoms with Gasteiger partial charge in [0.05, 0.1) is 17.1 Å². The van der Waals surface area contributed by atoms with Crippen molar-refractivity contribution in [2.24, 2.45) is 0 Å². The molecule has 1 heterocycles. The van der Waals surface area contributed by atoms with Gasteiger partial charge in [0, 0.05) is 28.7 Å². The zero-order chi connectivity index (χ0) is 22.7. The number of carbonyl (C=O) groups excluding carboxylic acids is 1. The molecule has 5 nitrogen and oxygen atoms in total. The average molecular weight is 438 g/mol. The minimum absolute atomic E-state index is 0.00360. The molecule has 2 aromatic carbocycles. The molecule has 1 aliphatic carbocycles. The van der Waals surface area contributed by atoms with E-state index < -0.39 is 11.9 Å². The third kappa shape index (κ3) is 4.83. The highest BCUT2D eigenvalue weighted by Gasteiger charge is 2.33. The maximum Gasteiger partial charge on any atom is 0.433 e. The number of carbonyl (C=O) groups is 1. The van der Waals surface area contributed by atoms with E-state index in [1.807, 2.05) is 6.07 Å². The highest BCUT2D eigenvalue weighted by atomic mass is 19.4. The number of hydrogen-bond acceptors (Lipinski definition) is 4. The van der Waals surface area contributed by atoms with Crippen LogP contribution in [0.4, 0.5) is 18.9 Å². The number of halogens is 3. The Morgan fingerprint density at radius 1 is 1.00 bits per heavy atom. The molecule has 0 saturated heterocycles. The van der Waals surface area contributed by atoms with E-state index in [4.69, 9.17) is 5.26 Å². The van der Waals surface area contributed by atoms with Gasteiger partial charge in [0.2, 0.25) is 0 Å². The van der Waals surface area contributed by atoms with E-state index >= 15 is 0 Å². The van der Waals surface area contributed by atoms with Gasteiger partial charge in [0.25, 0.3) is 5.91 Å². The molecule has 1 saturated carbocycles. The number of nitrogens with zero attached hydrogens (tertiary/aromatic N) is 2. The standard InChI is InChI=1S/C24H21F3N4O/c25-24(26,27)22-13-21(19-3-1-2-4-20(19)31-22)29-17-9-11-18(12-10-17)30-23(32)16-7-5-15(14-28)6-8-16/h1-8,13,17-18H,9-12H2,(H,29,31)(H,30,32)/t17-,18+. The minimum atomic E-state index is -4.52. The number of nitrogens with one attached hydrogen (secondary N) is 2.